The Hall–Kier alpha value is -1.84. The van der Waals surface area contributed by atoms with Crippen molar-refractivity contribution < 1.29 is 9.53 Å². The Labute approximate surface area is 167 Å². The van der Waals surface area contributed by atoms with Gasteiger partial charge in [-0.25, -0.2) is 0 Å². The van der Waals surface area contributed by atoms with E-state index in [-0.39, 0.29) is 23.7 Å². The predicted molar refractivity (Wildman–Crippen MR) is 110 cm³/mol. The molecule has 144 valence electrons. The molecule has 27 heavy (non-hydrogen) atoms. The average molecular weight is 386 g/mol. The molecule has 0 aliphatic carbocycles. The minimum absolute atomic E-state index is 0.0295. The molecule has 1 saturated heterocycles. The summed E-state index contributed by atoms with van der Waals surface area (Å²) in [6, 6.07) is 17.2. The zero-order valence-corrected chi connectivity index (χ0v) is 17.0. The number of nitrogens with one attached hydrogen (secondary N) is 1. The molecule has 3 nitrogen and oxygen atoms in total. The number of halogens is 1. The van der Waals surface area contributed by atoms with Crippen LogP contribution in [0.3, 0.4) is 0 Å². The van der Waals surface area contributed by atoms with E-state index >= 15 is 0 Å². The zero-order valence-electron chi connectivity index (χ0n) is 16.2. The number of hydrogen-bond acceptors (Lipinski definition) is 2. The Morgan fingerprint density at radius 1 is 1.15 bits per heavy atom. The first-order valence-electron chi connectivity index (χ1n) is 9.63. The van der Waals surface area contributed by atoms with Crippen LogP contribution in [0.1, 0.15) is 62.1 Å². The molecule has 2 aromatic carbocycles. The average Bonchev–Trinajstić information content (AvgIpc) is 2.61. The van der Waals surface area contributed by atoms with Gasteiger partial charge in [-0.3, -0.25) is 4.79 Å². The summed E-state index contributed by atoms with van der Waals surface area (Å²) in [4.78, 5) is 12.8. The van der Waals surface area contributed by atoms with Crippen LogP contribution in [0.5, 0.6) is 0 Å². The maximum atomic E-state index is 12.8. The monoisotopic (exact) mass is 385 g/mol. The van der Waals surface area contributed by atoms with Crippen LogP contribution in [0, 0.1) is 5.92 Å². The molecule has 2 aromatic rings. The molecule has 1 fully saturated rings. The third-order valence-corrected chi connectivity index (χ3v) is 5.35. The van der Waals surface area contributed by atoms with Gasteiger partial charge < -0.3 is 10.1 Å². The number of rotatable bonds is 5. The normalized spacial score (nSPS) is 25.4. The maximum Gasteiger partial charge on any atom is 0.251 e. The van der Waals surface area contributed by atoms with Crippen LogP contribution in [0.2, 0.25) is 5.02 Å². The van der Waals surface area contributed by atoms with Gasteiger partial charge in [0.1, 0.15) is 0 Å². The Bertz CT molecular complexity index is 760. The lowest BCUT2D eigenvalue weighted by molar-refractivity contribution is -0.0897. The molecule has 1 aliphatic rings. The summed E-state index contributed by atoms with van der Waals surface area (Å²) in [6.07, 6.45) is 2.58. The molecule has 0 unspecified atom stereocenters. The Morgan fingerprint density at radius 3 is 2.44 bits per heavy atom. The second-order valence-corrected chi connectivity index (χ2v) is 8.65. The largest absolute Gasteiger partial charge is 0.370 e. The highest BCUT2D eigenvalue weighted by Gasteiger charge is 2.39. The van der Waals surface area contributed by atoms with Crippen molar-refractivity contribution in [3.8, 4) is 0 Å². The predicted octanol–water partition coefficient (Wildman–Crippen LogP) is 5.79. The highest BCUT2D eigenvalue weighted by atomic mass is 35.5. The van der Waals surface area contributed by atoms with Crippen molar-refractivity contribution in [1.82, 2.24) is 5.32 Å². The van der Waals surface area contributed by atoms with E-state index in [4.69, 9.17) is 16.3 Å². The molecule has 1 amide bonds. The molecule has 0 spiro atoms. The van der Waals surface area contributed by atoms with E-state index in [1.807, 2.05) is 54.6 Å². The number of hydrogen-bond donors (Lipinski definition) is 1. The molecule has 0 saturated carbocycles. The summed E-state index contributed by atoms with van der Waals surface area (Å²) in [5.74, 6) is 0.506. The summed E-state index contributed by atoms with van der Waals surface area (Å²) >= 11 is 6.04. The van der Waals surface area contributed by atoms with Crippen molar-refractivity contribution in [2.75, 3.05) is 0 Å². The zero-order chi connectivity index (χ0) is 19.4. The molecule has 0 radical (unpaired) electrons. The fourth-order valence-corrected chi connectivity index (χ4v) is 4.03. The van der Waals surface area contributed by atoms with E-state index in [1.165, 1.54) is 0 Å². The fraction of sp³-hybridized carbons (Fsp3) is 0.435. The van der Waals surface area contributed by atoms with Crippen LogP contribution in [0.4, 0.5) is 0 Å². The lowest BCUT2D eigenvalue weighted by atomic mass is 9.81. The Kier molecular flexibility index (Phi) is 6.23. The summed E-state index contributed by atoms with van der Waals surface area (Å²) < 4.78 is 6.41. The van der Waals surface area contributed by atoms with Gasteiger partial charge in [0.05, 0.1) is 12.2 Å². The van der Waals surface area contributed by atoms with Crippen LogP contribution in [0.25, 0.3) is 0 Å². The van der Waals surface area contributed by atoms with Gasteiger partial charge in [0.2, 0.25) is 0 Å². The van der Waals surface area contributed by atoms with Crippen molar-refractivity contribution in [3.05, 3.63) is 70.7 Å². The molecule has 0 aromatic heterocycles. The third kappa shape index (κ3) is 5.33. The molecule has 0 bridgehead atoms. The van der Waals surface area contributed by atoms with Crippen LogP contribution >= 0.6 is 11.6 Å². The highest BCUT2D eigenvalue weighted by Crippen LogP contribution is 2.39. The Balaban J connectivity index is 1.81. The van der Waals surface area contributed by atoms with E-state index in [0.29, 0.717) is 16.5 Å². The molecule has 3 rings (SSSR count). The van der Waals surface area contributed by atoms with E-state index in [1.54, 1.807) is 0 Å². The first kappa shape index (κ1) is 19.9. The van der Waals surface area contributed by atoms with Crippen molar-refractivity contribution in [2.24, 2.45) is 5.92 Å². The lowest BCUT2D eigenvalue weighted by Crippen LogP contribution is -2.52. The van der Waals surface area contributed by atoms with Gasteiger partial charge in [0, 0.05) is 22.5 Å². The number of benzene rings is 2. The van der Waals surface area contributed by atoms with Gasteiger partial charge in [-0.2, -0.15) is 0 Å². The van der Waals surface area contributed by atoms with Gasteiger partial charge >= 0.3 is 0 Å². The van der Waals surface area contributed by atoms with Gasteiger partial charge in [0.25, 0.3) is 5.91 Å². The van der Waals surface area contributed by atoms with Crippen molar-refractivity contribution in [2.45, 2.75) is 57.8 Å². The van der Waals surface area contributed by atoms with Crippen LogP contribution < -0.4 is 5.32 Å². The van der Waals surface area contributed by atoms with E-state index in [0.717, 1.165) is 24.8 Å². The fourth-order valence-electron chi connectivity index (χ4n) is 3.90. The smallest absolute Gasteiger partial charge is 0.251 e. The van der Waals surface area contributed by atoms with Gasteiger partial charge in [-0.05, 0) is 55.5 Å². The number of carbonyl (C=O) groups is 1. The van der Waals surface area contributed by atoms with Crippen molar-refractivity contribution >= 4 is 17.5 Å². The summed E-state index contributed by atoms with van der Waals surface area (Å²) in [5, 5.41) is 4.00. The summed E-state index contributed by atoms with van der Waals surface area (Å²) in [7, 11) is 0. The minimum atomic E-state index is -0.324. The highest BCUT2D eigenvalue weighted by molar-refractivity contribution is 6.30. The van der Waals surface area contributed by atoms with Crippen molar-refractivity contribution in [3.63, 3.8) is 0 Å². The van der Waals surface area contributed by atoms with E-state index in [9.17, 15) is 4.79 Å². The van der Waals surface area contributed by atoms with Crippen LogP contribution in [-0.4, -0.2) is 17.6 Å². The van der Waals surface area contributed by atoms with Gasteiger partial charge in [0.15, 0.2) is 0 Å². The molecular formula is C23H28ClNO2. The van der Waals surface area contributed by atoms with Gasteiger partial charge in [-0.15, -0.1) is 0 Å². The molecule has 4 heteroatoms. The second-order valence-electron chi connectivity index (χ2n) is 8.22. The maximum absolute atomic E-state index is 12.8. The van der Waals surface area contributed by atoms with Crippen LogP contribution in [-0.2, 0) is 4.74 Å². The minimum Gasteiger partial charge on any atom is -0.370 e. The quantitative estimate of drug-likeness (QED) is 0.706. The number of carbonyl (C=O) groups excluding carboxylic acids is 1. The molecule has 1 N–H and O–H groups in total. The number of amides is 1. The SMILES string of the molecule is CC(C)C[C@H]1C[C@@](C)(NC(=O)c2ccccc2)C[C@@H](c2ccc(Cl)cc2)O1. The third-order valence-electron chi connectivity index (χ3n) is 5.10. The summed E-state index contributed by atoms with van der Waals surface area (Å²) in [6.45, 7) is 6.54. The topological polar surface area (TPSA) is 38.3 Å². The first-order valence-corrected chi connectivity index (χ1v) is 10.0. The standard InChI is InChI=1S/C23H28ClNO2/c1-16(2)13-20-14-23(3,25-22(26)18-7-5-4-6-8-18)15-21(27-20)17-9-11-19(24)12-10-17/h4-12,16,20-21H,13-15H2,1-3H3,(H,25,26)/t20-,21-,23+/m0/s1. The van der Waals surface area contributed by atoms with Crippen LogP contribution in [0.15, 0.2) is 54.6 Å². The van der Waals surface area contributed by atoms with Gasteiger partial charge in [-0.1, -0.05) is 55.8 Å². The van der Waals surface area contributed by atoms with Crippen molar-refractivity contribution in [1.29, 1.82) is 0 Å². The lowest BCUT2D eigenvalue weighted by Gasteiger charge is -2.43. The second kappa shape index (κ2) is 8.45. The Morgan fingerprint density at radius 2 is 1.81 bits per heavy atom. The van der Waals surface area contributed by atoms with E-state index < -0.39 is 0 Å². The number of ether oxygens (including phenoxy) is 1. The molecular weight excluding hydrogens is 358 g/mol. The molecule has 1 aliphatic heterocycles. The first-order chi connectivity index (χ1) is 12.8. The summed E-state index contributed by atoms with van der Waals surface area (Å²) in [5.41, 5.74) is 1.47. The van der Waals surface area contributed by atoms with E-state index in [2.05, 4.69) is 26.1 Å². The molecule has 1 heterocycles. The molecule has 3 atom stereocenters.